The van der Waals surface area contributed by atoms with Gasteiger partial charge in [0.25, 0.3) is 0 Å². The molecule has 0 aromatic heterocycles. The third-order valence-corrected chi connectivity index (χ3v) is 4.00. The summed E-state index contributed by atoms with van der Waals surface area (Å²) < 4.78 is 10.7. The van der Waals surface area contributed by atoms with Crippen molar-refractivity contribution in [3.8, 4) is 5.75 Å². The molecule has 0 radical (unpaired) electrons. The van der Waals surface area contributed by atoms with Crippen LogP contribution in [0.2, 0.25) is 0 Å². The number of ether oxygens (including phenoxy) is 2. The van der Waals surface area contributed by atoms with Gasteiger partial charge in [-0.15, -0.1) is 0 Å². The first-order chi connectivity index (χ1) is 11.5. The number of carbonyl (C=O) groups excluding carboxylic acids is 1. The molecule has 6 nitrogen and oxygen atoms in total. The van der Waals surface area contributed by atoms with Crippen LogP contribution in [-0.2, 0) is 4.74 Å². The summed E-state index contributed by atoms with van der Waals surface area (Å²) in [4.78, 5) is 15.5. The Bertz CT molecular complexity index is 522. The van der Waals surface area contributed by atoms with Gasteiger partial charge in [0.2, 0.25) is 0 Å². The number of aryl methyl sites for hydroxylation is 2. The van der Waals surface area contributed by atoms with E-state index in [1.54, 1.807) is 11.8 Å². The fraction of sp³-hybridized carbons (Fsp3) is 0.611. The minimum absolute atomic E-state index is 0.254. The van der Waals surface area contributed by atoms with Crippen molar-refractivity contribution >= 4 is 6.09 Å². The number of benzene rings is 1. The summed E-state index contributed by atoms with van der Waals surface area (Å²) in [5.74, 6) is 0.790. The number of carbonyl (C=O) groups is 1. The molecule has 1 aromatic rings. The molecule has 0 bridgehead atoms. The van der Waals surface area contributed by atoms with Crippen molar-refractivity contribution in [3.05, 3.63) is 29.3 Å². The Morgan fingerprint density at radius 2 is 1.79 bits per heavy atom. The molecule has 0 aliphatic carbocycles. The highest BCUT2D eigenvalue weighted by atomic mass is 16.6. The zero-order chi connectivity index (χ0) is 17.5. The lowest BCUT2D eigenvalue weighted by molar-refractivity contribution is 0.0407. The maximum absolute atomic E-state index is 11.7. The Balaban J connectivity index is 1.71. The van der Waals surface area contributed by atoms with Gasteiger partial charge in [-0.05, 0) is 44.0 Å². The van der Waals surface area contributed by atoms with E-state index in [0.717, 1.165) is 30.0 Å². The van der Waals surface area contributed by atoms with Crippen molar-refractivity contribution in [1.82, 2.24) is 9.80 Å². The van der Waals surface area contributed by atoms with E-state index in [2.05, 4.69) is 11.0 Å². The number of piperazine rings is 1. The molecule has 1 aliphatic heterocycles. The highest BCUT2D eigenvalue weighted by Gasteiger charge is 2.23. The number of amides is 1. The first-order valence-electron chi connectivity index (χ1n) is 8.51. The van der Waals surface area contributed by atoms with Crippen LogP contribution in [0.4, 0.5) is 4.79 Å². The van der Waals surface area contributed by atoms with Gasteiger partial charge < -0.3 is 19.5 Å². The summed E-state index contributed by atoms with van der Waals surface area (Å²) in [7, 11) is 0. The summed E-state index contributed by atoms with van der Waals surface area (Å²) in [5.41, 5.74) is 2.30. The smallest absolute Gasteiger partial charge is 0.409 e. The van der Waals surface area contributed by atoms with Crippen molar-refractivity contribution in [1.29, 1.82) is 0 Å². The highest BCUT2D eigenvalue weighted by Crippen LogP contribution is 2.16. The number of aliphatic hydroxyl groups is 1. The van der Waals surface area contributed by atoms with E-state index in [9.17, 15) is 9.90 Å². The number of nitrogens with zero attached hydrogens (tertiary/aromatic N) is 2. The Morgan fingerprint density at radius 3 is 2.38 bits per heavy atom. The normalized spacial score (nSPS) is 16.8. The minimum atomic E-state index is -0.556. The Hall–Kier alpha value is -1.79. The molecule has 1 aromatic carbocycles. The van der Waals surface area contributed by atoms with Gasteiger partial charge in [-0.2, -0.15) is 0 Å². The summed E-state index contributed by atoms with van der Waals surface area (Å²) in [6.45, 7) is 9.79. The number of hydrogen-bond donors (Lipinski definition) is 1. The largest absolute Gasteiger partial charge is 0.491 e. The Labute approximate surface area is 144 Å². The van der Waals surface area contributed by atoms with E-state index >= 15 is 0 Å². The molecule has 2 rings (SSSR count). The molecule has 1 N–H and O–H groups in total. The summed E-state index contributed by atoms with van der Waals surface area (Å²) in [6, 6.07) is 6.03. The molecular formula is C18H28N2O4. The van der Waals surface area contributed by atoms with Gasteiger partial charge in [0.1, 0.15) is 18.5 Å². The number of aliphatic hydroxyl groups excluding tert-OH is 1. The predicted molar refractivity (Wildman–Crippen MR) is 92.5 cm³/mol. The molecule has 0 saturated carbocycles. The molecule has 1 saturated heterocycles. The molecule has 1 heterocycles. The minimum Gasteiger partial charge on any atom is -0.491 e. The molecule has 134 valence electrons. The van der Waals surface area contributed by atoms with E-state index in [1.807, 2.05) is 26.0 Å². The van der Waals surface area contributed by atoms with Gasteiger partial charge in [0.15, 0.2) is 0 Å². The molecular weight excluding hydrogens is 308 g/mol. The highest BCUT2D eigenvalue weighted by molar-refractivity contribution is 5.67. The van der Waals surface area contributed by atoms with Crippen LogP contribution in [0.3, 0.4) is 0 Å². The average Bonchev–Trinajstić information content (AvgIpc) is 2.53. The van der Waals surface area contributed by atoms with Crippen LogP contribution in [0.5, 0.6) is 5.75 Å². The summed E-state index contributed by atoms with van der Waals surface area (Å²) in [6.07, 6.45) is -0.809. The maximum Gasteiger partial charge on any atom is 0.409 e. The van der Waals surface area contributed by atoms with Crippen molar-refractivity contribution in [2.75, 3.05) is 45.9 Å². The number of rotatable bonds is 6. The van der Waals surface area contributed by atoms with Gasteiger partial charge in [-0.1, -0.05) is 6.07 Å². The van der Waals surface area contributed by atoms with Crippen LogP contribution >= 0.6 is 0 Å². The molecule has 1 fully saturated rings. The van der Waals surface area contributed by atoms with Crippen molar-refractivity contribution in [2.24, 2.45) is 0 Å². The Kier molecular flexibility index (Phi) is 6.87. The maximum atomic E-state index is 11.7. The fourth-order valence-corrected chi connectivity index (χ4v) is 2.89. The SMILES string of the molecule is CCOC(=O)N1CCN(C[C@H](O)COc2cc(C)cc(C)c2)CC1. The van der Waals surface area contributed by atoms with E-state index in [4.69, 9.17) is 9.47 Å². The van der Waals surface area contributed by atoms with E-state index < -0.39 is 6.10 Å². The zero-order valence-corrected chi connectivity index (χ0v) is 14.8. The predicted octanol–water partition coefficient (Wildman–Crippen LogP) is 1.82. The number of hydrogen-bond acceptors (Lipinski definition) is 5. The lowest BCUT2D eigenvalue weighted by atomic mass is 10.1. The molecule has 1 atom stereocenters. The second-order valence-corrected chi connectivity index (χ2v) is 6.27. The van der Waals surface area contributed by atoms with E-state index in [-0.39, 0.29) is 12.7 Å². The van der Waals surface area contributed by atoms with Gasteiger partial charge in [0, 0.05) is 32.7 Å². The third kappa shape index (κ3) is 5.69. The van der Waals surface area contributed by atoms with Gasteiger partial charge in [-0.3, -0.25) is 4.90 Å². The van der Waals surface area contributed by atoms with Crippen LogP contribution < -0.4 is 4.74 Å². The lowest BCUT2D eigenvalue weighted by Crippen LogP contribution is -2.51. The van der Waals surface area contributed by atoms with E-state index in [0.29, 0.717) is 26.2 Å². The van der Waals surface area contributed by atoms with Crippen molar-refractivity contribution in [3.63, 3.8) is 0 Å². The molecule has 1 aliphatic rings. The van der Waals surface area contributed by atoms with Crippen LogP contribution in [0.15, 0.2) is 18.2 Å². The Morgan fingerprint density at radius 1 is 1.17 bits per heavy atom. The van der Waals surface area contributed by atoms with Crippen molar-refractivity contribution in [2.45, 2.75) is 26.9 Å². The lowest BCUT2D eigenvalue weighted by Gasteiger charge is -2.34. The second-order valence-electron chi connectivity index (χ2n) is 6.27. The molecule has 0 unspecified atom stereocenters. The quantitative estimate of drug-likeness (QED) is 0.858. The van der Waals surface area contributed by atoms with Crippen molar-refractivity contribution < 1.29 is 19.4 Å². The average molecular weight is 336 g/mol. The van der Waals surface area contributed by atoms with Gasteiger partial charge >= 0.3 is 6.09 Å². The van der Waals surface area contributed by atoms with Crippen LogP contribution in [0.1, 0.15) is 18.1 Å². The molecule has 6 heteroatoms. The van der Waals surface area contributed by atoms with E-state index in [1.165, 1.54) is 0 Å². The summed E-state index contributed by atoms with van der Waals surface area (Å²) >= 11 is 0. The fourth-order valence-electron chi connectivity index (χ4n) is 2.89. The molecule has 0 spiro atoms. The van der Waals surface area contributed by atoms with Crippen LogP contribution in [0.25, 0.3) is 0 Å². The first kappa shape index (κ1) is 18.5. The monoisotopic (exact) mass is 336 g/mol. The third-order valence-electron chi connectivity index (χ3n) is 4.00. The van der Waals surface area contributed by atoms with Crippen LogP contribution in [0, 0.1) is 13.8 Å². The second kappa shape index (κ2) is 8.89. The molecule has 24 heavy (non-hydrogen) atoms. The molecule has 1 amide bonds. The van der Waals surface area contributed by atoms with Crippen LogP contribution in [-0.4, -0.2) is 73.0 Å². The van der Waals surface area contributed by atoms with Gasteiger partial charge in [0.05, 0.1) is 6.61 Å². The zero-order valence-electron chi connectivity index (χ0n) is 14.8. The first-order valence-corrected chi connectivity index (χ1v) is 8.51. The summed E-state index contributed by atoms with van der Waals surface area (Å²) in [5, 5.41) is 10.2. The number of β-amino-alcohol motifs (C(OH)–C–C–N with tert-alkyl or cyclic N) is 1. The topological polar surface area (TPSA) is 62.2 Å². The standard InChI is InChI=1S/C18H28N2O4/c1-4-23-18(22)20-7-5-19(6-8-20)12-16(21)13-24-17-10-14(2)9-15(3)11-17/h9-11,16,21H,4-8,12-13H2,1-3H3/t16-/m0/s1. The van der Waals surface area contributed by atoms with Gasteiger partial charge in [-0.25, -0.2) is 4.79 Å².